The maximum Gasteiger partial charge on any atom is 0.268 e. The van der Waals surface area contributed by atoms with Gasteiger partial charge in [0.25, 0.3) is 5.91 Å². The molecular weight excluding hydrogens is 488 g/mol. The van der Waals surface area contributed by atoms with Gasteiger partial charge in [-0.25, -0.2) is 0 Å². The Hall–Kier alpha value is -3.90. The van der Waals surface area contributed by atoms with Crippen LogP contribution in [0.15, 0.2) is 48.0 Å². The second kappa shape index (κ2) is 13.4. The van der Waals surface area contributed by atoms with Crippen molar-refractivity contribution in [2.45, 2.75) is 46.0 Å². The van der Waals surface area contributed by atoms with Crippen LogP contribution in [0.25, 0.3) is 6.08 Å². The fraction of sp³-hybridized carbons (Fsp3) is 0.357. The third-order valence-electron chi connectivity index (χ3n) is 5.68. The van der Waals surface area contributed by atoms with Gasteiger partial charge in [-0.3, -0.25) is 10.1 Å². The van der Waals surface area contributed by atoms with E-state index in [1.807, 2.05) is 38.1 Å². The summed E-state index contributed by atoms with van der Waals surface area (Å²) < 4.78 is 17.3. The van der Waals surface area contributed by atoms with Crippen molar-refractivity contribution in [3.05, 3.63) is 64.2 Å². The molecule has 3 rings (SSSR count). The highest BCUT2D eigenvalue weighted by molar-refractivity contribution is 7.15. The van der Waals surface area contributed by atoms with E-state index in [0.29, 0.717) is 41.3 Å². The quantitative estimate of drug-likeness (QED) is 0.172. The van der Waals surface area contributed by atoms with E-state index in [4.69, 9.17) is 14.2 Å². The van der Waals surface area contributed by atoms with E-state index in [1.54, 1.807) is 18.2 Å². The highest BCUT2D eigenvalue weighted by Crippen LogP contribution is 2.30. The average Bonchev–Trinajstić information content (AvgIpc) is 3.38. The van der Waals surface area contributed by atoms with Crippen LogP contribution in [-0.2, 0) is 4.79 Å². The number of hydrogen-bond acceptors (Lipinski definition) is 8. The van der Waals surface area contributed by atoms with Crippen LogP contribution >= 0.6 is 11.3 Å². The lowest BCUT2D eigenvalue weighted by Crippen LogP contribution is -2.13. The normalized spacial score (nSPS) is 12.1. The van der Waals surface area contributed by atoms with E-state index in [9.17, 15) is 10.1 Å². The zero-order valence-electron chi connectivity index (χ0n) is 21.8. The monoisotopic (exact) mass is 520 g/mol. The predicted molar refractivity (Wildman–Crippen MR) is 145 cm³/mol. The van der Waals surface area contributed by atoms with Crippen molar-refractivity contribution < 1.29 is 19.0 Å². The molecule has 0 aliphatic rings. The summed E-state index contributed by atoms with van der Waals surface area (Å²) in [6.45, 7) is 9.02. The Bertz CT molecular complexity index is 1280. The Morgan fingerprint density at radius 1 is 1.08 bits per heavy atom. The molecule has 2 aromatic carbocycles. The van der Waals surface area contributed by atoms with Crippen LogP contribution in [0, 0.1) is 11.3 Å². The first-order valence-corrected chi connectivity index (χ1v) is 13.0. The van der Waals surface area contributed by atoms with E-state index in [0.717, 1.165) is 17.2 Å². The van der Waals surface area contributed by atoms with Gasteiger partial charge in [0.05, 0.1) is 7.11 Å². The molecule has 0 saturated carbocycles. The molecule has 1 atom stereocenters. The van der Waals surface area contributed by atoms with Gasteiger partial charge in [-0.2, -0.15) is 5.26 Å². The Morgan fingerprint density at radius 3 is 2.46 bits per heavy atom. The molecule has 9 heteroatoms. The molecule has 8 nitrogen and oxygen atoms in total. The number of amides is 1. The van der Waals surface area contributed by atoms with Gasteiger partial charge in [0.15, 0.2) is 11.5 Å². The van der Waals surface area contributed by atoms with Crippen molar-refractivity contribution >= 4 is 28.5 Å². The minimum Gasteiger partial charge on any atom is -0.493 e. The predicted octanol–water partition coefficient (Wildman–Crippen LogP) is 6.19. The maximum atomic E-state index is 12.6. The number of hydrogen-bond donors (Lipinski definition) is 1. The van der Waals surface area contributed by atoms with Gasteiger partial charge in [-0.05, 0) is 47.7 Å². The zero-order chi connectivity index (χ0) is 26.8. The summed E-state index contributed by atoms with van der Waals surface area (Å²) in [4.78, 5) is 12.6. The number of nitrogens with one attached hydrogen (secondary N) is 1. The van der Waals surface area contributed by atoms with Crippen molar-refractivity contribution in [2.75, 3.05) is 25.6 Å². The number of benzene rings is 2. The van der Waals surface area contributed by atoms with Gasteiger partial charge in [0, 0.05) is 5.92 Å². The first kappa shape index (κ1) is 27.7. The summed E-state index contributed by atoms with van der Waals surface area (Å²) in [5.74, 6) is 1.95. The number of ether oxygens (including phenoxy) is 3. The van der Waals surface area contributed by atoms with Crippen LogP contribution in [0.2, 0.25) is 0 Å². The highest BCUT2D eigenvalue weighted by Gasteiger charge is 2.15. The molecule has 0 aliphatic heterocycles. The number of anilines is 1. The molecule has 0 bridgehead atoms. The Morgan fingerprint density at radius 2 is 1.81 bits per heavy atom. The van der Waals surface area contributed by atoms with Crippen LogP contribution in [0.1, 0.15) is 62.1 Å². The van der Waals surface area contributed by atoms with E-state index in [-0.39, 0.29) is 11.5 Å². The smallest absolute Gasteiger partial charge is 0.268 e. The maximum absolute atomic E-state index is 12.6. The van der Waals surface area contributed by atoms with E-state index < -0.39 is 5.91 Å². The van der Waals surface area contributed by atoms with E-state index in [1.165, 1.54) is 30.1 Å². The lowest BCUT2D eigenvalue weighted by atomic mass is 9.98. The van der Waals surface area contributed by atoms with Crippen LogP contribution in [0.5, 0.6) is 17.2 Å². The summed E-state index contributed by atoms with van der Waals surface area (Å²) in [5, 5.41) is 21.3. The molecule has 37 heavy (non-hydrogen) atoms. The highest BCUT2D eigenvalue weighted by atomic mass is 32.1. The Labute approximate surface area is 221 Å². The Balaban J connectivity index is 1.63. The average molecular weight is 521 g/mol. The SMILES string of the molecule is CCC(C)c1ccccc1OCCOc1ccc(/C=C(/C#N)C(=O)Nc2nnc(C(C)C)s2)cc1OC. The van der Waals surface area contributed by atoms with Crippen molar-refractivity contribution in [2.24, 2.45) is 0 Å². The van der Waals surface area contributed by atoms with E-state index in [2.05, 4.69) is 35.4 Å². The summed E-state index contributed by atoms with van der Waals surface area (Å²) >= 11 is 1.28. The number of carbonyl (C=O) groups is 1. The molecule has 0 aliphatic carbocycles. The minimum absolute atomic E-state index is 0.0645. The van der Waals surface area contributed by atoms with Gasteiger partial charge in [-0.15, -0.1) is 10.2 Å². The van der Waals surface area contributed by atoms with Crippen LogP contribution < -0.4 is 19.5 Å². The minimum atomic E-state index is -0.553. The molecule has 0 saturated heterocycles. The second-order valence-corrected chi connectivity index (χ2v) is 9.69. The molecule has 1 N–H and O–H groups in total. The first-order valence-electron chi connectivity index (χ1n) is 12.1. The molecule has 0 spiro atoms. The molecule has 1 heterocycles. The number of nitriles is 1. The van der Waals surface area contributed by atoms with Crippen molar-refractivity contribution in [3.63, 3.8) is 0 Å². The largest absolute Gasteiger partial charge is 0.493 e. The molecule has 194 valence electrons. The number of para-hydroxylation sites is 1. The number of rotatable bonds is 12. The van der Waals surface area contributed by atoms with Crippen molar-refractivity contribution in [3.8, 4) is 23.3 Å². The number of carbonyl (C=O) groups excluding carboxylic acids is 1. The number of methoxy groups -OCH3 is 1. The fourth-order valence-electron chi connectivity index (χ4n) is 3.43. The number of nitrogens with zero attached hydrogens (tertiary/aromatic N) is 3. The molecule has 3 aromatic rings. The summed E-state index contributed by atoms with van der Waals surface area (Å²) in [5.41, 5.74) is 1.74. The Kier molecular flexibility index (Phi) is 10.0. The van der Waals surface area contributed by atoms with Crippen molar-refractivity contribution in [1.82, 2.24) is 10.2 Å². The van der Waals surface area contributed by atoms with Gasteiger partial charge in [0.1, 0.15) is 35.6 Å². The van der Waals surface area contributed by atoms with Crippen LogP contribution in [0.4, 0.5) is 5.13 Å². The van der Waals surface area contributed by atoms with E-state index >= 15 is 0 Å². The first-order chi connectivity index (χ1) is 17.9. The molecule has 1 aromatic heterocycles. The lowest BCUT2D eigenvalue weighted by molar-refractivity contribution is -0.112. The van der Waals surface area contributed by atoms with Gasteiger partial charge < -0.3 is 14.2 Å². The molecule has 0 fully saturated rings. The molecular formula is C28H32N4O4S. The van der Waals surface area contributed by atoms with Crippen molar-refractivity contribution in [1.29, 1.82) is 5.26 Å². The molecule has 1 amide bonds. The zero-order valence-corrected chi connectivity index (χ0v) is 22.6. The standard InChI is InChI=1S/C28H32N4O4S/c1-6-19(4)22-9-7-8-10-23(22)35-13-14-36-24-12-11-20(16-25(24)34-5)15-21(17-29)26(33)30-28-32-31-27(37-28)18(2)3/h7-12,15-16,18-19H,6,13-14H2,1-5H3,(H,30,32,33)/b21-15-. The fourth-order valence-corrected chi connectivity index (χ4v) is 4.17. The summed E-state index contributed by atoms with van der Waals surface area (Å²) in [7, 11) is 1.54. The van der Waals surface area contributed by atoms with Gasteiger partial charge >= 0.3 is 0 Å². The second-order valence-electron chi connectivity index (χ2n) is 8.68. The summed E-state index contributed by atoms with van der Waals surface area (Å²) in [6.07, 6.45) is 2.52. The summed E-state index contributed by atoms with van der Waals surface area (Å²) in [6, 6.07) is 15.2. The van der Waals surface area contributed by atoms with Gasteiger partial charge in [-0.1, -0.05) is 63.3 Å². The third-order valence-corrected chi connectivity index (χ3v) is 6.82. The topological polar surface area (TPSA) is 106 Å². The third kappa shape index (κ3) is 7.54. The molecule has 1 unspecified atom stereocenters. The van der Waals surface area contributed by atoms with Crippen LogP contribution in [-0.4, -0.2) is 36.4 Å². The molecule has 0 radical (unpaired) electrons. The van der Waals surface area contributed by atoms with Gasteiger partial charge in [0.2, 0.25) is 5.13 Å². The van der Waals surface area contributed by atoms with Crippen LogP contribution in [0.3, 0.4) is 0 Å². The number of aromatic nitrogens is 2. The lowest BCUT2D eigenvalue weighted by Gasteiger charge is -2.16.